The average Bonchev–Trinajstić information content (AvgIpc) is 3.22. The van der Waals surface area contributed by atoms with Crippen LogP contribution in [0.15, 0.2) is 176 Å². The fourth-order valence-corrected chi connectivity index (χ4v) is 8.70. The first-order valence-electron chi connectivity index (χ1n) is 17.8. The van der Waals surface area contributed by atoms with E-state index in [4.69, 9.17) is 21.6 Å². The molecule has 2 heterocycles. The van der Waals surface area contributed by atoms with Gasteiger partial charge in [-0.15, -0.1) is 0 Å². The van der Waals surface area contributed by atoms with Crippen molar-refractivity contribution in [1.82, 2.24) is 9.97 Å². The minimum atomic E-state index is 0.584. The van der Waals surface area contributed by atoms with Crippen LogP contribution in [0.5, 0.6) is 0 Å². The van der Waals surface area contributed by atoms with Crippen molar-refractivity contribution in [3.63, 3.8) is 0 Å². The van der Waals surface area contributed by atoms with Crippen molar-refractivity contribution in [3.05, 3.63) is 181 Å². The Morgan fingerprint density at radius 3 is 1.11 bits per heavy atom. The molecule has 248 valence electrons. The first-order chi connectivity index (χ1) is 26.2. The molecule has 4 nitrogen and oxygen atoms in total. The largest absolute Gasteiger partial charge is 0.293 e. The molecule has 0 N–H and O–H groups in total. The monoisotopic (exact) mass is 696 g/mol. The number of benzene rings is 9. The molecule has 9 aromatic carbocycles. The molecule has 11 aromatic rings. The summed E-state index contributed by atoms with van der Waals surface area (Å²) in [6, 6.07) is 57.8. The molecule has 0 saturated heterocycles. The summed E-state index contributed by atoms with van der Waals surface area (Å²) in [7, 11) is 0. The fourth-order valence-electron chi connectivity index (χ4n) is 8.41. The molecule has 0 amide bonds. The Bertz CT molecular complexity index is 2900. The minimum Gasteiger partial charge on any atom is -0.293 e. The molecule has 0 aliphatic heterocycles. The van der Waals surface area contributed by atoms with E-state index >= 15 is 0 Å². The van der Waals surface area contributed by atoms with E-state index in [1.807, 2.05) is 48.8 Å². The third-order valence-electron chi connectivity index (χ3n) is 10.7. The molecular formula is C48H29ClN4. The topological polar surface area (TPSA) is 32.3 Å². The number of hydrogen-bond donors (Lipinski definition) is 0. The Hall–Kier alpha value is -6.75. The van der Waals surface area contributed by atoms with E-state index in [2.05, 4.69) is 137 Å². The van der Waals surface area contributed by atoms with Crippen molar-refractivity contribution in [2.45, 2.75) is 0 Å². The second-order valence-corrected chi connectivity index (χ2v) is 13.9. The molecule has 0 saturated carbocycles. The van der Waals surface area contributed by atoms with Gasteiger partial charge in [0, 0.05) is 23.2 Å². The minimum absolute atomic E-state index is 0.584. The van der Waals surface area contributed by atoms with E-state index in [-0.39, 0.29) is 0 Å². The average molecular weight is 697 g/mol. The van der Waals surface area contributed by atoms with Crippen molar-refractivity contribution in [2.24, 2.45) is 0 Å². The summed E-state index contributed by atoms with van der Waals surface area (Å²) in [5.74, 6) is 1.54. The normalized spacial score (nSPS) is 11.9. The van der Waals surface area contributed by atoms with Crippen molar-refractivity contribution in [1.29, 1.82) is 0 Å². The second-order valence-electron chi connectivity index (χ2n) is 13.5. The smallest absolute Gasteiger partial charge is 0.137 e. The number of hydrogen-bond acceptors (Lipinski definition) is 4. The first-order valence-corrected chi connectivity index (χ1v) is 18.1. The molecule has 0 fully saturated rings. The quantitative estimate of drug-likeness (QED) is 0.162. The van der Waals surface area contributed by atoms with Crippen LogP contribution >= 0.6 is 11.6 Å². The lowest BCUT2D eigenvalue weighted by Crippen LogP contribution is -2.16. The summed E-state index contributed by atoms with van der Waals surface area (Å²) in [6.45, 7) is 0. The van der Waals surface area contributed by atoms with Crippen molar-refractivity contribution in [2.75, 3.05) is 9.80 Å². The van der Waals surface area contributed by atoms with E-state index in [9.17, 15) is 0 Å². The third kappa shape index (κ3) is 4.49. The predicted molar refractivity (Wildman–Crippen MR) is 224 cm³/mol. The van der Waals surface area contributed by atoms with E-state index in [1.54, 1.807) is 0 Å². The highest BCUT2D eigenvalue weighted by Gasteiger charge is 2.26. The van der Waals surface area contributed by atoms with Crippen LogP contribution in [0.4, 0.5) is 34.4 Å². The second kappa shape index (κ2) is 11.6. The van der Waals surface area contributed by atoms with Gasteiger partial charge >= 0.3 is 0 Å². The summed E-state index contributed by atoms with van der Waals surface area (Å²) in [4.78, 5) is 14.2. The summed E-state index contributed by atoms with van der Waals surface area (Å²) >= 11 is 7.76. The summed E-state index contributed by atoms with van der Waals surface area (Å²) in [5, 5.41) is 15.1. The lowest BCUT2D eigenvalue weighted by molar-refractivity contribution is 1.17. The Labute approximate surface area is 310 Å². The Morgan fingerprint density at radius 1 is 0.321 bits per heavy atom. The Kier molecular flexibility index (Phi) is 6.57. The summed E-state index contributed by atoms with van der Waals surface area (Å²) < 4.78 is 0. The van der Waals surface area contributed by atoms with Crippen molar-refractivity contribution < 1.29 is 0 Å². The lowest BCUT2D eigenvalue weighted by Gasteiger charge is -2.31. The summed E-state index contributed by atoms with van der Waals surface area (Å²) in [6.07, 6.45) is 3.67. The van der Waals surface area contributed by atoms with Gasteiger partial charge in [0.15, 0.2) is 0 Å². The van der Waals surface area contributed by atoms with E-state index in [1.165, 1.54) is 53.9 Å². The molecule has 0 bridgehead atoms. The van der Waals surface area contributed by atoms with Gasteiger partial charge in [-0.05, 0) is 102 Å². The van der Waals surface area contributed by atoms with Gasteiger partial charge in [-0.25, -0.2) is 9.97 Å². The third-order valence-corrected chi connectivity index (χ3v) is 11.1. The molecule has 0 aliphatic carbocycles. The zero-order chi connectivity index (χ0) is 35.0. The molecule has 5 heteroatoms. The van der Waals surface area contributed by atoms with Crippen LogP contribution in [0, 0.1) is 0 Å². The van der Waals surface area contributed by atoms with Crippen LogP contribution < -0.4 is 9.80 Å². The van der Waals surface area contributed by atoms with E-state index in [0.29, 0.717) is 5.02 Å². The standard InChI is InChI=1S/C48H29ClN4/c49-48-40(52(42-14-1-3-28-50-42)38-26-22-34-18-16-30-8-5-10-32-20-24-36(38)46(34)44(30)32)12-7-13-41(48)53(43-15-2-4-29-51-43)39-27-23-35-19-17-31-9-6-11-33-21-25-37(39)47(35)45(31)33/h1-29H. The maximum absolute atomic E-state index is 7.76. The summed E-state index contributed by atoms with van der Waals surface area (Å²) in [5.41, 5.74) is 3.63. The number of nitrogens with zero attached hydrogens (tertiary/aromatic N) is 4. The van der Waals surface area contributed by atoms with Gasteiger partial charge in [-0.2, -0.15) is 0 Å². The number of anilines is 6. The molecule has 0 unspecified atom stereocenters. The first kappa shape index (κ1) is 29.9. The van der Waals surface area contributed by atoms with Crippen LogP contribution in [0.2, 0.25) is 5.02 Å². The predicted octanol–water partition coefficient (Wildman–Crippen LogP) is 13.9. The molecule has 0 atom stereocenters. The fraction of sp³-hybridized carbons (Fsp3) is 0. The zero-order valence-electron chi connectivity index (χ0n) is 28.4. The van der Waals surface area contributed by atoms with Crippen molar-refractivity contribution in [3.8, 4) is 0 Å². The van der Waals surface area contributed by atoms with Gasteiger partial charge in [-0.3, -0.25) is 9.80 Å². The highest BCUT2D eigenvalue weighted by Crippen LogP contribution is 2.50. The van der Waals surface area contributed by atoms with Gasteiger partial charge < -0.3 is 0 Å². The number of pyridine rings is 2. The highest BCUT2D eigenvalue weighted by atomic mass is 35.5. The molecule has 2 aromatic heterocycles. The Balaban J connectivity index is 1.18. The van der Waals surface area contributed by atoms with Crippen LogP contribution in [0.3, 0.4) is 0 Å². The van der Waals surface area contributed by atoms with Gasteiger partial charge in [0.2, 0.25) is 0 Å². The molecule has 11 rings (SSSR count). The van der Waals surface area contributed by atoms with Crippen molar-refractivity contribution >= 4 is 111 Å². The van der Waals surface area contributed by atoms with Crippen LogP contribution in [-0.4, -0.2) is 9.97 Å². The van der Waals surface area contributed by atoms with Gasteiger partial charge in [0.1, 0.15) is 11.6 Å². The lowest BCUT2D eigenvalue weighted by atomic mass is 9.93. The molecular weight excluding hydrogens is 668 g/mol. The SMILES string of the molecule is Clc1c(N(c2ccccn2)c2ccc3ccc4cccc5ccc2c3c45)cccc1N(c1ccccn1)c1ccc2ccc3cccc4ccc1c2c34. The van der Waals surface area contributed by atoms with Gasteiger partial charge in [0.05, 0.1) is 27.8 Å². The highest BCUT2D eigenvalue weighted by molar-refractivity contribution is 6.37. The maximum atomic E-state index is 7.76. The van der Waals surface area contributed by atoms with E-state index < -0.39 is 0 Å². The number of aromatic nitrogens is 2. The van der Waals surface area contributed by atoms with E-state index in [0.717, 1.165) is 45.2 Å². The molecule has 53 heavy (non-hydrogen) atoms. The Morgan fingerprint density at radius 2 is 0.698 bits per heavy atom. The number of halogens is 1. The van der Waals surface area contributed by atoms with Crippen LogP contribution in [-0.2, 0) is 0 Å². The van der Waals surface area contributed by atoms with Crippen LogP contribution in [0.1, 0.15) is 0 Å². The molecule has 0 spiro atoms. The van der Waals surface area contributed by atoms with Gasteiger partial charge in [-0.1, -0.05) is 127 Å². The van der Waals surface area contributed by atoms with Gasteiger partial charge in [0.25, 0.3) is 0 Å². The van der Waals surface area contributed by atoms with Crippen LogP contribution in [0.25, 0.3) is 64.6 Å². The maximum Gasteiger partial charge on any atom is 0.137 e. The number of rotatable bonds is 6. The molecule has 0 radical (unpaired) electrons. The molecule has 0 aliphatic rings. The zero-order valence-corrected chi connectivity index (χ0v) is 29.2.